The molecule has 2 aliphatic rings. The number of amides is 1. The van der Waals surface area contributed by atoms with Crippen molar-refractivity contribution in [2.75, 3.05) is 19.6 Å². The first kappa shape index (κ1) is 9.30. The van der Waals surface area contributed by atoms with E-state index >= 15 is 0 Å². The average molecular weight is 196 g/mol. The van der Waals surface area contributed by atoms with Gasteiger partial charge in [0.05, 0.1) is 0 Å². The zero-order chi connectivity index (χ0) is 9.80. The molecule has 1 atom stereocenters. The monoisotopic (exact) mass is 196 g/mol. The zero-order valence-corrected chi connectivity index (χ0v) is 8.18. The Kier molecular flexibility index (Phi) is 2.86. The third-order valence-corrected chi connectivity index (χ3v) is 2.50. The number of carbonyl (C=O) groups is 1. The molecule has 0 radical (unpaired) electrons. The summed E-state index contributed by atoms with van der Waals surface area (Å²) in [4.78, 5) is 15.2. The fraction of sp³-hybridized carbons (Fsp3) is 0.778. The Morgan fingerprint density at radius 2 is 2.50 bits per heavy atom. The van der Waals surface area contributed by atoms with Gasteiger partial charge in [0.1, 0.15) is 0 Å². The molecule has 2 aliphatic heterocycles. The van der Waals surface area contributed by atoms with Crippen molar-refractivity contribution in [3.8, 4) is 0 Å². The molecule has 1 saturated heterocycles. The molecule has 0 aliphatic carbocycles. The lowest BCUT2D eigenvalue weighted by Crippen LogP contribution is -2.45. The van der Waals surface area contributed by atoms with Gasteiger partial charge in [0, 0.05) is 32.1 Å². The van der Waals surface area contributed by atoms with Gasteiger partial charge in [0.15, 0.2) is 5.96 Å². The second-order valence-corrected chi connectivity index (χ2v) is 3.69. The number of aliphatic imine (C=N–C) groups is 1. The zero-order valence-electron chi connectivity index (χ0n) is 8.18. The number of guanidine groups is 1. The largest absolute Gasteiger partial charge is 0.356 e. The number of hydrogen-bond acceptors (Lipinski definition) is 4. The minimum Gasteiger partial charge on any atom is -0.356 e. The van der Waals surface area contributed by atoms with Crippen LogP contribution in [0.25, 0.3) is 0 Å². The Balaban J connectivity index is 1.71. The van der Waals surface area contributed by atoms with E-state index in [9.17, 15) is 4.79 Å². The van der Waals surface area contributed by atoms with Crippen LogP contribution < -0.4 is 16.0 Å². The van der Waals surface area contributed by atoms with Crippen LogP contribution in [-0.2, 0) is 4.79 Å². The molecule has 2 rings (SSSR count). The molecule has 3 N–H and O–H groups in total. The molecule has 1 amide bonds. The van der Waals surface area contributed by atoms with E-state index in [4.69, 9.17) is 0 Å². The first-order valence-electron chi connectivity index (χ1n) is 5.16. The number of nitrogens with one attached hydrogen (secondary N) is 3. The van der Waals surface area contributed by atoms with Gasteiger partial charge in [-0.05, 0) is 12.8 Å². The fourth-order valence-corrected chi connectivity index (χ4v) is 1.70. The van der Waals surface area contributed by atoms with Crippen LogP contribution in [0.2, 0.25) is 0 Å². The fourth-order valence-electron chi connectivity index (χ4n) is 1.70. The molecule has 78 valence electrons. The second-order valence-electron chi connectivity index (χ2n) is 3.69. The van der Waals surface area contributed by atoms with Crippen molar-refractivity contribution in [1.82, 2.24) is 16.0 Å². The van der Waals surface area contributed by atoms with Gasteiger partial charge in [-0.2, -0.15) is 0 Å². The second kappa shape index (κ2) is 4.30. The molecule has 0 aromatic rings. The molecule has 1 fully saturated rings. The third-order valence-electron chi connectivity index (χ3n) is 2.50. The van der Waals surface area contributed by atoms with E-state index in [2.05, 4.69) is 20.9 Å². The van der Waals surface area contributed by atoms with E-state index in [0.717, 1.165) is 38.4 Å². The molecular weight excluding hydrogens is 180 g/mol. The molecule has 1 unspecified atom stereocenters. The molecule has 0 bridgehead atoms. The van der Waals surface area contributed by atoms with Gasteiger partial charge in [-0.1, -0.05) is 0 Å². The van der Waals surface area contributed by atoms with Crippen LogP contribution in [0, 0.1) is 0 Å². The highest BCUT2D eigenvalue weighted by Crippen LogP contribution is 2.04. The normalized spacial score (nSPS) is 26.4. The molecule has 14 heavy (non-hydrogen) atoms. The van der Waals surface area contributed by atoms with Crippen molar-refractivity contribution in [3.63, 3.8) is 0 Å². The SMILES string of the molecule is O=C1CCC(CNC2=NCCCN2)N1. The predicted molar refractivity (Wildman–Crippen MR) is 54.1 cm³/mol. The van der Waals surface area contributed by atoms with Crippen LogP contribution in [0.15, 0.2) is 4.99 Å². The summed E-state index contributed by atoms with van der Waals surface area (Å²) in [6.45, 7) is 2.66. The highest BCUT2D eigenvalue weighted by molar-refractivity contribution is 5.81. The maximum absolute atomic E-state index is 10.9. The van der Waals surface area contributed by atoms with Crippen molar-refractivity contribution in [3.05, 3.63) is 0 Å². The number of rotatable bonds is 2. The number of carbonyl (C=O) groups excluding carboxylic acids is 1. The number of hydrogen-bond donors (Lipinski definition) is 3. The van der Waals surface area contributed by atoms with Crippen molar-refractivity contribution in [1.29, 1.82) is 0 Å². The van der Waals surface area contributed by atoms with E-state index in [1.54, 1.807) is 0 Å². The molecular formula is C9H16N4O. The van der Waals surface area contributed by atoms with Gasteiger partial charge in [0.2, 0.25) is 5.91 Å². The van der Waals surface area contributed by atoms with E-state index in [1.807, 2.05) is 0 Å². The minimum atomic E-state index is 0.162. The van der Waals surface area contributed by atoms with Gasteiger partial charge >= 0.3 is 0 Å². The number of nitrogens with zero attached hydrogens (tertiary/aromatic N) is 1. The van der Waals surface area contributed by atoms with Crippen LogP contribution in [-0.4, -0.2) is 37.5 Å². The first-order chi connectivity index (χ1) is 6.84. The Bertz CT molecular complexity index is 251. The maximum Gasteiger partial charge on any atom is 0.220 e. The van der Waals surface area contributed by atoms with E-state index in [1.165, 1.54) is 0 Å². The van der Waals surface area contributed by atoms with Crippen LogP contribution in [0.4, 0.5) is 0 Å². The molecule has 0 aromatic carbocycles. The van der Waals surface area contributed by atoms with Crippen LogP contribution in [0.3, 0.4) is 0 Å². The summed E-state index contributed by atoms with van der Waals surface area (Å²) >= 11 is 0. The maximum atomic E-state index is 10.9. The average Bonchev–Trinajstić information content (AvgIpc) is 2.63. The van der Waals surface area contributed by atoms with Crippen molar-refractivity contribution in [2.24, 2.45) is 4.99 Å². The quantitative estimate of drug-likeness (QED) is 0.542. The molecule has 0 spiro atoms. The summed E-state index contributed by atoms with van der Waals surface area (Å²) in [5.74, 6) is 1.03. The lowest BCUT2D eigenvalue weighted by Gasteiger charge is -2.18. The predicted octanol–water partition coefficient (Wildman–Crippen LogP) is -0.796. The summed E-state index contributed by atoms with van der Waals surface area (Å²) in [6.07, 6.45) is 2.69. The summed E-state index contributed by atoms with van der Waals surface area (Å²) < 4.78 is 0. The minimum absolute atomic E-state index is 0.162. The van der Waals surface area contributed by atoms with Crippen LogP contribution >= 0.6 is 0 Å². The van der Waals surface area contributed by atoms with Gasteiger partial charge < -0.3 is 16.0 Å². The Morgan fingerprint density at radius 1 is 1.57 bits per heavy atom. The Morgan fingerprint density at radius 3 is 3.14 bits per heavy atom. The molecule has 0 aromatic heterocycles. The molecule has 2 heterocycles. The van der Waals surface area contributed by atoms with E-state index in [-0.39, 0.29) is 11.9 Å². The van der Waals surface area contributed by atoms with Gasteiger partial charge in [-0.15, -0.1) is 0 Å². The lowest BCUT2D eigenvalue weighted by molar-refractivity contribution is -0.119. The highest BCUT2D eigenvalue weighted by Gasteiger charge is 2.20. The summed E-state index contributed by atoms with van der Waals surface area (Å²) in [7, 11) is 0. The summed E-state index contributed by atoms with van der Waals surface area (Å²) in [5, 5.41) is 9.30. The highest BCUT2D eigenvalue weighted by atomic mass is 16.1. The smallest absolute Gasteiger partial charge is 0.220 e. The van der Waals surface area contributed by atoms with Crippen molar-refractivity contribution in [2.45, 2.75) is 25.3 Å². The van der Waals surface area contributed by atoms with Crippen LogP contribution in [0.5, 0.6) is 0 Å². The molecule has 5 heteroatoms. The van der Waals surface area contributed by atoms with Crippen molar-refractivity contribution >= 4 is 11.9 Å². The standard InChI is InChI=1S/C9H16N4O/c14-8-3-2-7(13-8)6-12-9-10-4-1-5-11-9/h7H,1-6H2,(H,13,14)(H2,10,11,12). The Hall–Kier alpha value is -1.26. The van der Waals surface area contributed by atoms with Crippen molar-refractivity contribution < 1.29 is 4.79 Å². The summed E-state index contributed by atoms with van der Waals surface area (Å²) in [5.41, 5.74) is 0. The van der Waals surface area contributed by atoms with E-state index < -0.39 is 0 Å². The van der Waals surface area contributed by atoms with Gasteiger partial charge in [-0.25, -0.2) is 0 Å². The summed E-state index contributed by atoms with van der Waals surface area (Å²) in [6, 6.07) is 0.272. The first-order valence-corrected chi connectivity index (χ1v) is 5.16. The van der Waals surface area contributed by atoms with E-state index in [0.29, 0.717) is 6.42 Å². The lowest BCUT2D eigenvalue weighted by atomic mass is 10.2. The molecule has 5 nitrogen and oxygen atoms in total. The van der Waals surface area contributed by atoms with Gasteiger partial charge in [0.25, 0.3) is 0 Å². The third kappa shape index (κ3) is 2.37. The Labute approximate surface area is 83.4 Å². The van der Waals surface area contributed by atoms with Crippen LogP contribution in [0.1, 0.15) is 19.3 Å². The topological polar surface area (TPSA) is 65.5 Å². The molecule has 0 saturated carbocycles. The van der Waals surface area contributed by atoms with Gasteiger partial charge in [-0.3, -0.25) is 9.79 Å².